The largest absolute Gasteiger partial charge is 0.393 e. The number of rotatable bonds is 2. The summed E-state index contributed by atoms with van der Waals surface area (Å²) in [5.41, 5.74) is 0. The summed E-state index contributed by atoms with van der Waals surface area (Å²) in [7, 11) is 1.61. The lowest BCUT2D eigenvalue weighted by molar-refractivity contribution is -0.175. The molecule has 0 unspecified atom stereocenters. The second-order valence-corrected chi connectivity index (χ2v) is 2.71. The van der Waals surface area contributed by atoms with Crippen molar-refractivity contribution in [2.75, 3.05) is 13.7 Å². The van der Waals surface area contributed by atoms with Crippen LogP contribution in [0.25, 0.3) is 0 Å². The lowest BCUT2D eigenvalue weighted by Crippen LogP contribution is -2.33. The molecule has 11 heavy (non-hydrogen) atoms. The first kappa shape index (κ1) is 8.71. The van der Waals surface area contributed by atoms with Crippen molar-refractivity contribution < 1.29 is 14.6 Å². The Balaban J connectivity index is 2.52. The third-order valence-corrected chi connectivity index (χ3v) is 1.78. The van der Waals surface area contributed by atoms with Crippen LogP contribution >= 0.6 is 0 Å². The van der Waals surface area contributed by atoms with Crippen molar-refractivity contribution in [3.8, 4) is 0 Å². The molecule has 0 bridgehead atoms. The van der Waals surface area contributed by atoms with E-state index < -0.39 is 0 Å². The van der Waals surface area contributed by atoms with E-state index >= 15 is 0 Å². The highest BCUT2D eigenvalue weighted by molar-refractivity contribution is 4.97. The molecular weight excluding hydrogens is 144 g/mol. The Morgan fingerprint density at radius 3 is 2.82 bits per heavy atom. The summed E-state index contributed by atoms with van der Waals surface area (Å²) in [5, 5.41) is 8.76. The first-order valence-corrected chi connectivity index (χ1v) is 3.75. The molecule has 0 aromatic heterocycles. The van der Waals surface area contributed by atoms with Gasteiger partial charge >= 0.3 is 0 Å². The van der Waals surface area contributed by atoms with Gasteiger partial charge in [0.15, 0.2) is 6.29 Å². The summed E-state index contributed by atoms with van der Waals surface area (Å²) in [4.78, 5) is 0. The lowest BCUT2D eigenvalue weighted by atomic mass is 10.1. The van der Waals surface area contributed by atoms with Gasteiger partial charge < -0.3 is 14.6 Å². The van der Waals surface area contributed by atoms with Crippen LogP contribution in [0.4, 0.5) is 0 Å². The normalized spacial score (nSPS) is 37.5. The van der Waals surface area contributed by atoms with Crippen LogP contribution in [0.5, 0.6) is 0 Å². The number of aliphatic hydroxyl groups is 1. The minimum absolute atomic E-state index is 0.0169. The molecule has 64 valence electrons. The molecule has 0 saturated heterocycles. The molecule has 0 spiro atoms. The highest BCUT2D eigenvalue weighted by Gasteiger charge is 2.22. The van der Waals surface area contributed by atoms with Crippen molar-refractivity contribution in [2.45, 2.75) is 19.3 Å². The Morgan fingerprint density at radius 2 is 2.27 bits per heavy atom. The zero-order valence-corrected chi connectivity index (χ0v) is 6.86. The highest BCUT2D eigenvalue weighted by atomic mass is 16.7. The molecule has 1 N–H and O–H groups in total. The van der Waals surface area contributed by atoms with Crippen molar-refractivity contribution in [1.29, 1.82) is 0 Å². The maximum absolute atomic E-state index is 8.76. The van der Waals surface area contributed by atoms with Gasteiger partial charge in [-0.3, -0.25) is 0 Å². The fourth-order valence-electron chi connectivity index (χ4n) is 1.11. The fourth-order valence-corrected chi connectivity index (χ4v) is 1.11. The van der Waals surface area contributed by atoms with E-state index in [2.05, 4.69) is 0 Å². The second kappa shape index (κ2) is 3.85. The van der Waals surface area contributed by atoms with Crippen LogP contribution in [-0.2, 0) is 9.47 Å². The Hall–Kier alpha value is -0.380. The third-order valence-electron chi connectivity index (χ3n) is 1.78. The Bertz CT molecular complexity index is 144. The van der Waals surface area contributed by atoms with Crippen LogP contribution in [0.2, 0.25) is 0 Å². The molecule has 0 amide bonds. The summed E-state index contributed by atoms with van der Waals surface area (Å²) in [6, 6.07) is 0. The Labute approximate surface area is 66.6 Å². The van der Waals surface area contributed by atoms with Crippen LogP contribution in [-0.4, -0.2) is 31.2 Å². The van der Waals surface area contributed by atoms with E-state index in [1.54, 1.807) is 7.11 Å². The minimum atomic E-state index is -0.211. The van der Waals surface area contributed by atoms with E-state index in [-0.39, 0.29) is 24.9 Å². The van der Waals surface area contributed by atoms with Crippen molar-refractivity contribution in [3.63, 3.8) is 0 Å². The smallest absolute Gasteiger partial charge is 0.164 e. The predicted molar refractivity (Wildman–Crippen MR) is 41.1 cm³/mol. The van der Waals surface area contributed by atoms with Crippen molar-refractivity contribution in [3.05, 3.63) is 12.2 Å². The van der Waals surface area contributed by atoms with E-state index in [0.29, 0.717) is 0 Å². The molecule has 3 heteroatoms. The van der Waals surface area contributed by atoms with Gasteiger partial charge in [0.05, 0.1) is 6.61 Å². The molecule has 1 aliphatic rings. The van der Waals surface area contributed by atoms with Gasteiger partial charge in [-0.05, 0) is 0 Å². The SMILES string of the molecule is CO[C@@H]1O[C@H](CO)C=C[C@H]1C. The lowest BCUT2D eigenvalue weighted by Gasteiger charge is -2.28. The van der Waals surface area contributed by atoms with Crippen LogP contribution in [0, 0.1) is 5.92 Å². The van der Waals surface area contributed by atoms with Gasteiger partial charge in [-0.1, -0.05) is 19.1 Å². The van der Waals surface area contributed by atoms with Crippen LogP contribution < -0.4 is 0 Å². The average Bonchev–Trinajstić information content (AvgIpc) is 2.05. The molecule has 3 atom stereocenters. The van der Waals surface area contributed by atoms with Gasteiger partial charge in [0.1, 0.15) is 6.10 Å². The van der Waals surface area contributed by atoms with Gasteiger partial charge in [-0.15, -0.1) is 0 Å². The first-order valence-electron chi connectivity index (χ1n) is 3.75. The van der Waals surface area contributed by atoms with E-state index in [1.165, 1.54) is 0 Å². The van der Waals surface area contributed by atoms with Crippen LogP contribution in [0.3, 0.4) is 0 Å². The summed E-state index contributed by atoms with van der Waals surface area (Å²) in [5.74, 6) is 0.266. The van der Waals surface area contributed by atoms with E-state index in [0.717, 1.165) is 0 Å². The maximum Gasteiger partial charge on any atom is 0.164 e. The topological polar surface area (TPSA) is 38.7 Å². The summed E-state index contributed by atoms with van der Waals surface area (Å²) in [6.45, 7) is 2.03. The molecule has 0 saturated carbocycles. The van der Waals surface area contributed by atoms with Crippen molar-refractivity contribution in [2.24, 2.45) is 5.92 Å². The third kappa shape index (κ3) is 2.02. The molecule has 0 aromatic carbocycles. The molecular formula is C8H14O3. The van der Waals surface area contributed by atoms with Gasteiger partial charge in [-0.25, -0.2) is 0 Å². The predicted octanol–water partition coefficient (Wildman–Crippen LogP) is 0.542. The molecule has 1 aliphatic heterocycles. The first-order chi connectivity index (χ1) is 5.27. The molecule has 0 fully saturated rings. The van der Waals surface area contributed by atoms with Gasteiger partial charge in [0.25, 0.3) is 0 Å². The van der Waals surface area contributed by atoms with E-state index in [1.807, 2.05) is 19.1 Å². The Kier molecular flexibility index (Phi) is 3.05. The van der Waals surface area contributed by atoms with E-state index in [4.69, 9.17) is 14.6 Å². The minimum Gasteiger partial charge on any atom is -0.393 e. The quantitative estimate of drug-likeness (QED) is 0.596. The number of methoxy groups -OCH3 is 1. The molecule has 3 nitrogen and oxygen atoms in total. The second-order valence-electron chi connectivity index (χ2n) is 2.71. The monoisotopic (exact) mass is 158 g/mol. The summed E-state index contributed by atoms with van der Waals surface area (Å²) < 4.78 is 10.4. The van der Waals surface area contributed by atoms with Gasteiger partial charge in [-0.2, -0.15) is 0 Å². The molecule has 1 rings (SSSR count). The zero-order chi connectivity index (χ0) is 8.27. The van der Waals surface area contributed by atoms with E-state index in [9.17, 15) is 0 Å². The molecule has 0 aromatic rings. The van der Waals surface area contributed by atoms with Crippen molar-refractivity contribution >= 4 is 0 Å². The Morgan fingerprint density at radius 1 is 1.55 bits per heavy atom. The zero-order valence-electron chi connectivity index (χ0n) is 6.86. The van der Waals surface area contributed by atoms with Gasteiger partial charge in [0.2, 0.25) is 0 Å². The number of hydrogen-bond acceptors (Lipinski definition) is 3. The number of hydrogen-bond donors (Lipinski definition) is 1. The molecule has 0 radical (unpaired) electrons. The molecule has 0 aliphatic carbocycles. The summed E-state index contributed by atoms with van der Waals surface area (Å²) >= 11 is 0. The number of ether oxygens (including phenoxy) is 2. The van der Waals surface area contributed by atoms with Crippen LogP contribution in [0.15, 0.2) is 12.2 Å². The average molecular weight is 158 g/mol. The number of aliphatic hydroxyl groups excluding tert-OH is 1. The highest BCUT2D eigenvalue weighted by Crippen LogP contribution is 2.18. The fraction of sp³-hybridized carbons (Fsp3) is 0.750. The van der Waals surface area contributed by atoms with Crippen LogP contribution in [0.1, 0.15) is 6.92 Å². The standard InChI is InChI=1S/C8H14O3/c1-6-3-4-7(5-9)11-8(6)10-2/h3-4,6-9H,5H2,1-2H3/t6-,7+,8-/m1/s1. The van der Waals surface area contributed by atoms with Crippen molar-refractivity contribution in [1.82, 2.24) is 0 Å². The van der Waals surface area contributed by atoms with Gasteiger partial charge in [0, 0.05) is 13.0 Å². The molecule has 1 heterocycles. The maximum atomic E-state index is 8.76. The summed E-state index contributed by atoms with van der Waals surface area (Å²) in [6.07, 6.45) is 3.45.